The lowest BCUT2D eigenvalue weighted by Crippen LogP contribution is -1.92. The van der Waals surface area contributed by atoms with Crippen LogP contribution >= 0.6 is 0 Å². The van der Waals surface area contributed by atoms with Gasteiger partial charge in [0, 0.05) is 30.0 Å². The molecule has 0 heterocycles. The maximum Gasteiger partial charge on any atom is 0.105 e. The molecule has 28 heavy (non-hydrogen) atoms. The largest absolute Gasteiger partial charge is 0.145 e. The van der Waals surface area contributed by atoms with Crippen LogP contribution in [0.3, 0.4) is 0 Å². The Hall–Kier alpha value is -3.64. The van der Waals surface area contributed by atoms with Crippen LogP contribution in [0.4, 0.5) is 0 Å². The third-order valence-corrected chi connectivity index (χ3v) is 5.70. The van der Waals surface area contributed by atoms with E-state index in [1.165, 1.54) is 54.9 Å². The van der Waals surface area contributed by atoms with Gasteiger partial charge in [0.05, 0.1) is 10.9 Å². The topological polar surface area (TPSA) is 0 Å². The van der Waals surface area contributed by atoms with Crippen molar-refractivity contribution >= 4 is 45.8 Å². The summed E-state index contributed by atoms with van der Waals surface area (Å²) in [6.45, 7) is 0. The molecule has 0 saturated heterocycles. The highest BCUT2D eigenvalue weighted by Crippen LogP contribution is 2.33. The molecule has 2 aliphatic carbocycles. The molecule has 0 fully saturated rings. The molecular weight excluding hydrogens is 336 g/mol. The molecule has 0 aliphatic heterocycles. The maximum absolute atomic E-state index is 2.28. The summed E-state index contributed by atoms with van der Waals surface area (Å²) in [7, 11) is 0. The third kappa shape index (κ3) is 2.39. The molecule has 0 spiro atoms. The van der Waals surface area contributed by atoms with E-state index in [-0.39, 0.29) is 0 Å². The lowest BCUT2D eigenvalue weighted by molar-refractivity contribution is 1.53. The van der Waals surface area contributed by atoms with Crippen molar-refractivity contribution < 1.29 is 0 Å². The van der Waals surface area contributed by atoms with Crippen molar-refractivity contribution in [1.29, 1.82) is 0 Å². The number of benzene rings is 4. The normalized spacial score (nSPS) is 13.9. The molecule has 0 aromatic heterocycles. The fourth-order valence-corrected chi connectivity index (χ4v) is 4.47. The first-order valence-electron chi connectivity index (χ1n) is 9.70. The lowest BCUT2D eigenvalue weighted by atomic mass is 9.90. The van der Waals surface area contributed by atoms with Crippen molar-refractivity contribution in [3.63, 3.8) is 0 Å². The van der Waals surface area contributed by atoms with Gasteiger partial charge in [-0.1, -0.05) is 46.7 Å². The summed E-state index contributed by atoms with van der Waals surface area (Å²) in [5, 5.41) is 5.30. The van der Waals surface area contributed by atoms with E-state index in [0.717, 1.165) is 0 Å². The van der Waals surface area contributed by atoms with E-state index in [1.54, 1.807) is 0 Å². The maximum atomic E-state index is 2.28. The van der Waals surface area contributed by atoms with Crippen molar-refractivity contribution in [2.24, 2.45) is 0 Å². The van der Waals surface area contributed by atoms with Crippen LogP contribution in [0.5, 0.6) is 0 Å². The van der Waals surface area contributed by atoms with Crippen LogP contribution in [0.15, 0.2) is 72.8 Å². The van der Waals surface area contributed by atoms with Crippen LogP contribution in [0, 0.1) is 12.8 Å². The van der Waals surface area contributed by atoms with Crippen molar-refractivity contribution in [3.05, 3.63) is 119 Å². The van der Waals surface area contributed by atoms with Crippen LogP contribution in [0.2, 0.25) is 0 Å². The zero-order valence-electron chi connectivity index (χ0n) is 15.4. The molecule has 0 amide bonds. The highest BCUT2D eigenvalue weighted by molar-refractivity contribution is 6.00. The van der Waals surface area contributed by atoms with Gasteiger partial charge in [-0.15, -0.1) is 36.3 Å². The molecule has 0 unspecified atom stereocenters. The predicted molar refractivity (Wildman–Crippen MR) is 122 cm³/mol. The number of hydrogen-bond acceptors (Lipinski definition) is 0. The minimum Gasteiger partial charge on any atom is -0.145 e. The van der Waals surface area contributed by atoms with E-state index in [4.69, 9.17) is 0 Å². The van der Waals surface area contributed by atoms with Gasteiger partial charge in [0.2, 0.25) is 0 Å². The average molecular weight is 354 g/mol. The molecule has 0 heteroatoms. The Bertz CT molecular complexity index is 1240. The van der Waals surface area contributed by atoms with Gasteiger partial charge in [-0.25, -0.2) is 0 Å². The molecule has 4 aromatic rings. The van der Waals surface area contributed by atoms with Gasteiger partial charge in [-0.05, 0) is 35.4 Å². The SMILES string of the molecule is C1=Cc2cc(/C=C/c3cc4c5c(cccc5c3)[CH-]C=C4)cc3cccc(c23)[CH+]1. The van der Waals surface area contributed by atoms with E-state index in [0.29, 0.717) is 0 Å². The van der Waals surface area contributed by atoms with Crippen LogP contribution in [-0.4, -0.2) is 0 Å². The standard InChI is InChI=1S/C28H18/c1-5-21-6-2-10-24-16-19(15-23(9-1)27(21)24)13-14-20-17-25-11-3-7-22-8-4-12-26(18-20)28(22)25/h1-18H/b14-13+. The number of hydrogen-bond donors (Lipinski definition) is 0. The van der Waals surface area contributed by atoms with Gasteiger partial charge in [0.1, 0.15) is 5.56 Å². The summed E-state index contributed by atoms with van der Waals surface area (Å²) < 4.78 is 0. The van der Waals surface area contributed by atoms with Crippen molar-refractivity contribution in [1.82, 2.24) is 0 Å². The van der Waals surface area contributed by atoms with Crippen molar-refractivity contribution in [2.75, 3.05) is 0 Å². The van der Waals surface area contributed by atoms with Gasteiger partial charge < -0.3 is 0 Å². The van der Waals surface area contributed by atoms with E-state index in [2.05, 4.69) is 110 Å². The summed E-state index contributed by atoms with van der Waals surface area (Å²) in [5.41, 5.74) is 7.67. The highest BCUT2D eigenvalue weighted by Gasteiger charge is 2.15. The Kier molecular flexibility index (Phi) is 3.27. The zero-order chi connectivity index (χ0) is 18.5. The molecule has 0 atom stereocenters. The van der Waals surface area contributed by atoms with Crippen LogP contribution in [-0.2, 0) is 0 Å². The average Bonchev–Trinajstić information content (AvgIpc) is 2.73. The van der Waals surface area contributed by atoms with Gasteiger partial charge in [-0.2, -0.15) is 0 Å². The fourth-order valence-electron chi connectivity index (χ4n) is 4.47. The third-order valence-electron chi connectivity index (χ3n) is 5.70. The number of rotatable bonds is 2. The van der Waals surface area contributed by atoms with Crippen LogP contribution < -0.4 is 0 Å². The van der Waals surface area contributed by atoms with Crippen molar-refractivity contribution in [2.45, 2.75) is 0 Å². The Morgan fingerprint density at radius 3 is 2.25 bits per heavy atom. The minimum atomic E-state index is 1.23. The van der Waals surface area contributed by atoms with Crippen molar-refractivity contribution in [3.8, 4) is 0 Å². The zero-order valence-corrected chi connectivity index (χ0v) is 15.4. The summed E-state index contributed by atoms with van der Waals surface area (Å²) in [6, 6.07) is 22.2. The predicted octanol–water partition coefficient (Wildman–Crippen LogP) is 7.32. The second-order valence-electron chi connectivity index (χ2n) is 7.50. The smallest absolute Gasteiger partial charge is 0.105 e. The Morgan fingerprint density at radius 1 is 0.714 bits per heavy atom. The molecule has 130 valence electrons. The van der Waals surface area contributed by atoms with Crippen LogP contribution in [0.1, 0.15) is 33.4 Å². The Labute approximate surface area is 165 Å². The van der Waals surface area contributed by atoms with Gasteiger partial charge in [0.15, 0.2) is 0 Å². The fraction of sp³-hybridized carbons (Fsp3) is 0. The van der Waals surface area contributed by atoms with E-state index in [9.17, 15) is 0 Å². The summed E-state index contributed by atoms with van der Waals surface area (Å²) in [4.78, 5) is 0. The van der Waals surface area contributed by atoms with Crippen LogP contribution in [0.25, 0.3) is 45.8 Å². The summed E-state index contributed by atoms with van der Waals surface area (Å²) >= 11 is 0. The first kappa shape index (κ1) is 15.4. The summed E-state index contributed by atoms with van der Waals surface area (Å²) in [6.07, 6.45) is 17.5. The van der Waals surface area contributed by atoms with Gasteiger partial charge in [0.25, 0.3) is 0 Å². The Balaban J connectivity index is 1.45. The quantitative estimate of drug-likeness (QED) is 0.261. The lowest BCUT2D eigenvalue weighted by Gasteiger charge is -2.20. The van der Waals surface area contributed by atoms with Gasteiger partial charge in [-0.3, -0.25) is 0 Å². The van der Waals surface area contributed by atoms with E-state index >= 15 is 0 Å². The van der Waals surface area contributed by atoms with E-state index < -0.39 is 0 Å². The minimum absolute atomic E-state index is 1.23. The second kappa shape index (κ2) is 5.94. The highest BCUT2D eigenvalue weighted by atomic mass is 14.1. The molecule has 0 bridgehead atoms. The Morgan fingerprint density at radius 2 is 1.43 bits per heavy atom. The molecule has 0 saturated carbocycles. The van der Waals surface area contributed by atoms with E-state index in [1.807, 2.05) is 0 Å². The summed E-state index contributed by atoms with van der Waals surface area (Å²) in [5.74, 6) is 0. The van der Waals surface area contributed by atoms with Gasteiger partial charge >= 0.3 is 0 Å². The monoisotopic (exact) mass is 354 g/mol. The first-order valence-corrected chi connectivity index (χ1v) is 9.70. The molecule has 0 radical (unpaired) electrons. The molecule has 6 rings (SSSR count). The molecular formula is C28H18. The molecule has 2 aliphatic rings. The second-order valence-corrected chi connectivity index (χ2v) is 7.50. The number of allylic oxidation sites excluding steroid dienone is 2. The molecule has 0 N–H and O–H groups in total. The molecule has 0 nitrogen and oxygen atoms in total. The molecule has 4 aromatic carbocycles. The first-order chi connectivity index (χ1) is 13.8.